The summed E-state index contributed by atoms with van der Waals surface area (Å²) in [6.45, 7) is 0.152. The number of hydrazine groups is 1. The van der Waals surface area contributed by atoms with E-state index in [1.807, 2.05) is 6.07 Å². The molecule has 0 atom stereocenters. The molecule has 0 heterocycles. The Balaban J connectivity index is 1.91. The van der Waals surface area contributed by atoms with Crippen molar-refractivity contribution in [2.45, 2.75) is 6.54 Å². The number of nitrogens with one attached hydrogen (secondary N) is 2. The Bertz CT molecular complexity index is 699. The molecule has 118 valence electrons. The molecule has 7 heteroatoms. The Hall–Kier alpha value is -3.19. The summed E-state index contributed by atoms with van der Waals surface area (Å²) in [6, 6.07) is 15.2. The van der Waals surface area contributed by atoms with Gasteiger partial charge in [0.05, 0.1) is 5.56 Å². The van der Waals surface area contributed by atoms with Crippen molar-refractivity contribution in [2.75, 3.05) is 0 Å². The second-order valence-electron chi connectivity index (χ2n) is 4.56. The topological polar surface area (TPSA) is 111 Å². The van der Waals surface area contributed by atoms with Gasteiger partial charge < -0.3 is 10.1 Å². The largest absolute Gasteiger partial charge is 0.423 e. The number of ether oxygens (including phenoxy) is 1. The Morgan fingerprint density at radius 1 is 0.913 bits per heavy atom. The van der Waals surface area contributed by atoms with Gasteiger partial charge in [0.2, 0.25) is 0 Å². The van der Waals surface area contributed by atoms with Crippen molar-refractivity contribution in [2.24, 2.45) is 5.84 Å². The standard InChI is InChI=1S/C16H15N3O4/c17-19-15(21)14(20)18-10-11-6-8-13(9-7-11)23-16(22)12-4-2-1-3-5-12/h1-9H,10,17H2,(H,18,20)(H,19,21). The predicted molar refractivity (Wildman–Crippen MR) is 82.0 cm³/mol. The maximum absolute atomic E-state index is 11.9. The molecule has 0 fully saturated rings. The Kier molecular flexibility index (Phi) is 5.43. The highest BCUT2D eigenvalue weighted by Crippen LogP contribution is 2.14. The number of hydrogen-bond donors (Lipinski definition) is 3. The summed E-state index contributed by atoms with van der Waals surface area (Å²) in [5.41, 5.74) is 2.93. The fraction of sp³-hybridized carbons (Fsp3) is 0.0625. The summed E-state index contributed by atoms with van der Waals surface area (Å²) in [6.07, 6.45) is 0. The molecular formula is C16H15N3O4. The number of benzene rings is 2. The van der Waals surface area contributed by atoms with E-state index in [-0.39, 0.29) is 6.54 Å². The van der Waals surface area contributed by atoms with Crippen LogP contribution in [0.5, 0.6) is 5.75 Å². The van der Waals surface area contributed by atoms with Crippen molar-refractivity contribution in [3.8, 4) is 5.75 Å². The number of hydrogen-bond acceptors (Lipinski definition) is 5. The molecule has 4 N–H and O–H groups in total. The first kappa shape index (κ1) is 16.2. The molecule has 0 aliphatic heterocycles. The molecule has 0 saturated carbocycles. The predicted octanol–water partition coefficient (Wildman–Crippen LogP) is 0.512. The molecule has 23 heavy (non-hydrogen) atoms. The lowest BCUT2D eigenvalue weighted by Crippen LogP contribution is -2.42. The van der Waals surface area contributed by atoms with Gasteiger partial charge in [-0.2, -0.15) is 0 Å². The van der Waals surface area contributed by atoms with Gasteiger partial charge in [0.15, 0.2) is 0 Å². The van der Waals surface area contributed by atoms with Gasteiger partial charge in [-0.05, 0) is 29.8 Å². The Labute approximate surface area is 132 Å². The molecule has 2 amide bonds. The molecule has 2 aromatic rings. The minimum absolute atomic E-state index is 0.152. The lowest BCUT2D eigenvalue weighted by atomic mass is 10.2. The van der Waals surface area contributed by atoms with Crippen LogP contribution in [0.4, 0.5) is 0 Å². The van der Waals surface area contributed by atoms with Crippen LogP contribution in [0.25, 0.3) is 0 Å². The zero-order valence-electron chi connectivity index (χ0n) is 12.1. The summed E-state index contributed by atoms with van der Waals surface area (Å²) in [5, 5.41) is 2.40. The number of carbonyl (C=O) groups is 3. The van der Waals surface area contributed by atoms with E-state index in [0.29, 0.717) is 11.3 Å². The SMILES string of the molecule is NNC(=O)C(=O)NCc1ccc(OC(=O)c2ccccc2)cc1. The fourth-order valence-corrected chi connectivity index (χ4v) is 1.74. The molecular weight excluding hydrogens is 298 g/mol. The second kappa shape index (κ2) is 7.71. The van der Waals surface area contributed by atoms with Crippen LogP contribution in [0.1, 0.15) is 15.9 Å². The number of esters is 1. The average Bonchev–Trinajstić information content (AvgIpc) is 2.60. The van der Waals surface area contributed by atoms with Crippen molar-refractivity contribution < 1.29 is 19.1 Å². The van der Waals surface area contributed by atoms with E-state index in [2.05, 4.69) is 5.32 Å². The zero-order chi connectivity index (χ0) is 16.7. The highest BCUT2D eigenvalue weighted by molar-refractivity contribution is 6.34. The van der Waals surface area contributed by atoms with Crippen molar-refractivity contribution in [1.82, 2.24) is 10.7 Å². The first-order valence-electron chi connectivity index (χ1n) is 6.75. The molecule has 7 nitrogen and oxygen atoms in total. The van der Waals surface area contributed by atoms with E-state index in [9.17, 15) is 14.4 Å². The molecule has 0 radical (unpaired) electrons. The number of rotatable bonds is 4. The molecule has 0 aromatic heterocycles. The minimum Gasteiger partial charge on any atom is -0.423 e. The zero-order valence-corrected chi connectivity index (χ0v) is 12.1. The quantitative estimate of drug-likeness (QED) is 0.190. The molecule has 2 aromatic carbocycles. The number of amides is 2. The third kappa shape index (κ3) is 4.65. The van der Waals surface area contributed by atoms with Crippen LogP contribution in [0.2, 0.25) is 0 Å². The number of nitrogens with two attached hydrogens (primary N) is 1. The maximum Gasteiger partial charge on any atom is 0.343 e. The third-order valence-corrected chi connectivity index (χ3v) is 2.93. The van der Waals surface area contributed by atoms with Crippen LogP contribution < -0.4 is 21.3 Å². The van der Waals surface area contributed by atoms with E-state index in [0.717, 1.165) is 5.56 Å². The minimum atomic E-state index is -0.918. The van der Waals surface area contributed by atoms with Gasteiger partial charge in [-0.1, -0.05) is 30.3 Å². The molecule has 2 rings (SSSR count). The summed E-state index contributed by atoms with van der Waals surface area (Å²) in [5.74, 6) is 3.03. The highest BCUT2D eigenvalue weighted by Gasteiger charge is 2.11. The van der Waals surface area contributed by atoms with Crippen LogP contribution in [-0.2, 0) is 16.1 Å². The van der Waals surface area contributed by atoms with E-state index in [1.54, 1.807) is 54.0 Å². The lowest BCUT2D eigenvalue weighted by molar-refractivity contribution is -0.139. The van der Waals surface area contributed by atoms with Gasteiger partial charge in [-0.3, -0.25) is 15.0 Å². The highest BCUT2D eigenvalue weighted by atomic mass is 16.5. The van der Waals surface area contributed by atoms with E-state index in [4.69, 9.17) is 10.6 Å². The molecule has 0 saturated heterocycles. The monoisotopic (exact) mass is 313 g/mol. The summed E-state index contributed by atoms with van der Waals surface area (Å²) < 4.78 is 5.23. The second-order valence-corrected chi connectivity index (χ2v) is 4.56. The molecule has 0 aliphatic rings. The Morgan fingerprint density at radius 2 is 1.57 bits per heavy atom. The number of carbonyl (C=O) groups excluding carboxylic acids is 3. The molecule has 0 aliphatic carbocycles. The van der Waals surface area contributed by atoms with Crippen LogP contribution in [0.15, 0.2) is 54.6 Å². The van der Waals surface area contributed by atoms with Crippen molar-refractivity contribution in [3.63, 3.8) is 0 Å². The Morgan fingerprint density at radius 3 is 2.17 bits per heavy atom. The summed E-state index contributed by atoms with van der Waals surface area (Å²) in [4.78, 5) is 34.1. The first-order chi connectivity index (χ1) is 11.1. The smallest absolute Gasteiger partial charge is 0.343 e. The lowest BCUT2D eigenvalue weighted by Gasteiger charge is -2.07. The van der Waals surface area contributed by atoms with E-state index in [1.165, 1.54) is 0 Å². The van der Waals surface area contributed by atoms with Gasteiger partial charge in [0, 0.05) is 6.54 Å². The molecule has 0 spiro atoms. The van der Waals surface area contributed by atoms with Crippen molar-refractivity contribution in [1.29, 1.82) is 0 Å². The van der Waals surface area contributed by atoms with Gasteiger partial charge in [0.25, 0.3) is 0 Å². The van der Waals surface area contributed by atoms with Crippen LogP contribution in [-0.4, -0.2) is 17.8 Å². The van der Waals surface area contributed by atoms with E-state index >= 15 is 0 Å². The van der Waals surface area contributed by atoms with Gasteiger partial charge in [0.1, 0.15) is 5.75 Å². The first-order valence-corrected chi connectivity index (χ1v) is 6.75. The normalized spacial score (nSPS) is 9.78. The maximum atomic E-state index is 11.9. The van der Waals surface area contributed by atoms with Gasteiger partial charge in [-0.25, -0.2) is 10.6 Å². The summed E-state index contributed by atoms with van der Waals surface area (Å²) >= 11 is 0. The molecule has 0 bridgehead atoms. The van der Waals surface area contributed by atoms with Gasteiger partial charge in [-0.15, -0.1) is 0 Å². The van der Waals surface area contributed by atoms with Gasteiger partial charge >= 0.3 is 17.8 Å². The summed E-state index contributed by atoms with van der Waals surface area (Å²) in [7, 11) is 0. The molecule has 0 unspecified atom stereocenters. The fourth-order valence-electron chi connectivity index (χ4n) is 1.74. The third-order valence-electron chi connectivity index (χ3n) is 2.93. The van der Waals surface area contributed by atoms with Crippen LogP contribution in [0, 0.1) is 0 Å². The van der Waals surface area contributed by atoms with Crippen molar-refractivity contribution >= 4 is 17.8 Å². The van der Waals surface area contributed by atoms with Crippen molar-refractivity contribution in [3.05, 3.63) is 65.7 Å². The average molecular weight is 313 g/mol. The van der Waals surface area contributed by atoms with Crippen LogP contribution in [0.3, 0.4) is 0 Å². The van der Waals surface area contributed by atoms with Crippen LogP contribution >= 0.6 is 0 Å². The van der Waals surface area contributed by atoms with E-state index < -0.39 is 17.8 Å².